The Morgan fingerprint density at radius 1 is 1.07 bits per heavy atom. The second-order valence-corrected chi connectivity index (χ2v) is 7.00. The fraction of sp³-hybridized carbons (Fsp3) is 0.300. The van der Waals surface area contributed by atoms with Gasteiger partial charge in [-0.1, -0.05) is 30.3 Å². The van der Waals surface area contributed by atoms with Crippen molar-refractivity contribution < 1.29 is 18.0 Å². The van der Waals surface area contributed by atoms with Gasteiger partial charge in [0, 0.05) is 13.1 Å². The number of carbonyl (C=O) groups is 1. The van der Waals surface area contributed by atoms with Crippen molar-refractivity contribution in [3.8, 4) is 0 Å². The van der Waals surface area contributed by atoms with Gasteiger partial charge in [0.15, 0.2) is 5.11 Å². The maximum atomic E-state index is 13.1. The Kier molecular flexibility index (Phi) is 6.18. The van der Waals surface area contributed by atoms with Gasteiger partial charge in [-0.3, -0.25) is 4.79 Å². The molecule has 2 aromatic carbocycles. The molecule has 28 heavy (non-hydrogen) atoms. The van der Waals surface area contributed by atoms with Gasteiger partial charge in [-0.2, -0.15) is 13.2 Å². The summed E-state index contributed by atoms with van der Waals surface area (Å²) in [5, 5.41) is 5.28. The minimum absolute atomic E-state index is 0.0271. The topological polar surface area (TPSA) is 44.4 Å². The molecule has 8 heteroatoms. The highest BCUT2D eigenvalue weighted by Crippen LogP contribution is 2.36. The van der Waals surface area contributed by atoms with Crippen molar-refractivity contribution in [2.75, 3.05) is 23.3 Å². The summed E-state index contributed by atoms with van der Waals surface area (Å²) in [6.45, 7) is 1.54. The number of rotatable bonds is 4. The summed E-state index contributed by atoms with van der Waals surface area (Å²) in [6.07, 6.45) is -2.36. The third-order valence-electron chi connectivity index (χ3n) is 4.48. The van der Waals surface area contributed by atoms with Crippen LogP contribution in [0.2, 0.25) is 0 Å². The van der Waals surface area contributed by atoms with E-state index in [4.69, 9.17) is 12.2 Å². The highest BCUT2D eigenvalue weighted by molar-refractivity contribution is 7.80. The van der Waals surface area contributed by atoms with Gasteiger partial charge in [-0.25, -0.2) is 0 Å². The molecule has 1 fully saturated rings. The molecule has 3 rings (SSSR count). The maximum Gasteiger partial charge on any atom is 0.416 e. The molecule has 4 nitrogen and oxygen atoms in total. The van der Waals surface area contributed by atoms with Gasteiger partial charge in [0.05, 0.1) is 23.4 Å². The number of thiocarbonyl (C=S) groups is 1. The van der Waals surface area contributed by atoms with Crippen LogP contribution in [-0.4, -0.2) is 24.1 Å². The normalized spacial score (nSPS) is 14.0. The SMILES string of the molecule is O=C(Cc1ccccc1)NC(=S)Nc1cc(C(F)(F)F)ccc1N1CCCC1. The maximum absolute atomic E-state index is 13.1. The standard InChI is InChI=1S/C20H20F3N3OS/c21-20(22,23)15-8-9-17(26-10-4-5-11-26)16(13-15)24-19(28)25-18(27)12-14-6-2-1-3-7-14/h1-3,6-9,13H,4-5,10-12H2,(H2,24,25,27,28). The number of hydrogen-bond acceptors (Lipinski definition) is 3. The molecular formula is C20H20F3N3OS. The van der Waals surface area contributed by atoms with Crippen LogP contribution in [0.3, 0.4) is 0 Å². The summed E-state index contributed by atoms with van der Waals surface area (Å²) < 4.78 is 39.4. The molecule has 1 aliphatic rings. The third kappa shape index (κ3) is 5.22. The van der Waals surface area contributed by atoms with Crippen molar-refractivity contribution >= 4 is 34.6 Å². The molecular weight excluding hydrogens is 387 g/mol. The zero-order valence-electron chi connectivity index (χ0n) is 15.1. The molecule has 0 aliphatic carbocycles. The molecule has 1 saturated heterocycles. The van der Waals surface area contributed by atoms with Crippen LogP contribution in [0, 0.1) is 0 Å². The quantitative estimate of drug-likeness (QED) is 0.740. The summed E-state index contributed by atoms with van der Waals surface area (Å²) in [5.41, 5.74) is 0.933. The zero-order valence-corrected chi connectivity index (χ0v) is 15.9. The lowest BCUT2D eigenvalue weighted by Gasteiger charge is -2.23. The van der Waals surface area contributed by atoms with Crippen LogP contribution in [0.5, 0.6) is 0 Å². The van der Waals surface area contributed by atoms with Gasteiger partial charge in [0.25, 0.3) is 0 Å². The Bertz CT molecular complexity index is 850. The van der Waals surface area contributed by atoms with E-state index >= 15 is 0 Å². The second kappa shape index (κ2) is 8.60. The van der Waals surface area contributed by atoms with Crippen LogP contribution < -0.4 is 15.5 Å². The number of hydrogen-bond donors (Lipinski definition) is 2. The largest absolute Gasteiger partial charge is 0.416 e. The van der Waals surface area contributed by atoms with Crippen molar-refractivity contribution in [3.63, 3.8) is 0 Å². The number of nitrogens with zero attached hydrogens (tertiary/aromatic N) is 1. The fourth-order valence-corrected chi connectivity index (χ4v) is 3.38. The third-order valence-corrected chi connectivity index (χ3v) is 4.68. The van der Waals surface area contributed by atoms with E-state index in [0.29, 0.717) is 5.69 Å². The minimum atomic E-state index is -4.46. The Morgan fingerprint density at radius 2 is 1.75 bits per heavy atom. The lowest BCUT2D eigenvalue weighted by atomic mass is 10.1. The molecule has 0 aromatic heterocycles. The number of benzene rings is 2. The van der Waals surface area contributed by atoms with E-state index in [1.54, 1.807) is 0 Å². The number of carbonyl (C=O) groups excluding carboxylic acids is 1. The van der Waals surface area contributed by atoms with Crippen molar-refractivity contribution in [1.29, 1.82) is 0 Å². The van der Waals surface area contributed by atoms with E-state index in [0.717, 1.165) is 43.6 Å². The predicted molar refractivity (Wildman–Crippen MR) is 107 cm³/mol. The van der Waals surface area contributed by atoms with E-state index in [-0.39, 0.29) is 23.1 Å². The molecule has 2 aromatic rings. The number of alkyl halides is 3. The number of anilines is 2. The first-order valence-corrected chi connectivity index (χ1v) is 9.35. The van der Waals surface area contributed by atoms with E-state index in [1.165, 1.54) is 6.07 Å². The van der Waals surface area contributed by atoms with Crippen LogP contribution >= 0.6 is 12.2 Å². The Balaban J connectivity index is 1.73. The molecule has 1 aliphatic heterocycles. The monoisotopic (exact) mass is 407 g/mol. The second-order valence-electron chi connectivity index (χ2n) is 6.59. The van der Waals surface area contributed by atoms with Crippen molar-refractivity contribution in [3.05, 3.63) is 59.7 Å². The summed E-state index contributed by atoms with van der Waals surface area (Å²) in [5.74, 6) is -0.335. The van der Waals surface area contributed by atoms with Crippen molar-refractivity contribution in [2.45, 2.75) is 25.4 Å². The molecule has 0 unspecified atom stereocenters. The molecule has 0 saturated carbocycles. The zero-order chi connectivity index (χ0) is 20.1. The average Bonchev–Trinajstić information content (AvgIpc) is 3.16. The van der Waals surface area contributed by atoms with Crippen molar-refractivity contribution in [1.82, 2.24) is 5.32 Å². The lowest BCUT2D eigenvalue weighted by Crippen LogP contribution is -2.35. The summed E-state index contributed by atoms with van der Waals surface area (Å²) in [6, 6.07) is 12.7. The summed E-state index contributed by atoms with van der Waals surface area (Å²) in [4.78, 5) is 14.2. The van der Waals surface area contributed by atoms with Crippen LogP contribution in [0.25, 0.3) is 0 Å². The van der Waals surface area contributed by atoms with E-state index in [1.807, 2.05) is 35.2 Å². The molecule has 148 valence electrons. The van der Waals surface area contributed by atoms with Gasteiger partial charge < -0.3 is 15.5 Å². The van der Waals surface area contributed by atoms with E-state index in [2.05, 4.69) is 10.6 Å². The molecule has 0 spiro atoms. The molecule has 1 amide bonds. The van der Waals surface area contributed by atoms with Crippen molar-refractivity contribution in [2.24, 2.45) is 0 Å². The molecule has 0 bridgehead atoms. The van der Waals surface area contributed by atoms with Crippen LogP contribution in [0.4, 0.5) is 24.5 Å². The molecule has 0 atom stereocenters. The number of halogens is 3. The van der Waals surface area contributed by atoms with Gasteiger partial charge >= 0.3 is 6.18 Å². The predicted octanol–water partition coefficient (Wildman–Crippen LogP) is 4.36. The number of nitrogens with one attached hydrogen (secondary N) is 2. The van der Waals surface area contributed by atoms with Gasteiger partial charge in [-0.05, 0) is 48.8 Å². The average molecular weight is 407 g/mol. The Labute approximate surface area is 166 Å². The van der Waals surface area contributed by atoms with E-state index < -0.39 is 11.7 Å². The smallest absolute Gasteiger partial charge is 0.370 e. The Morgan fingerprint density at radius 3 is 2.39 bits per heavy atom. The van der Waals surface area contributed by atoms with Crippen LogP contribution in [0.1, 0.15) is 24.0 Å². The van der Waals surface area contributed by atoms with Gasteiger partial charge in [0.2, 0.25) is 5.91 Å². The Hall–Kier alpha value is -2.61. The summed E-state index contributed by atoms with van der Waals surface area (Å²) in [7, 11) is 0. The summed E-state index contributed by atoms with van der Waals surface area (Å²) >= 11 is 5.16. The number of amides is 1. The molecule has 1 heterocycles. The lowest BCUT2D eigenvalue weighted by molar-refractivity contribution is -0.137. The van der Waals surface area contributed by atoms with Crippen LogP contribution in [-0.2, 0) is 17.4 Å². The van der Waals surface area contributed by atoms with E-state index in [9.17, 15) is 18.0 Å². The molecule has 0 radical (unpaired) electrons. The van der Waals surface area contributed by atoms with Gasteiger partial charge in [0.1, 0.15) is 0 Å². The first-order chi connectivity index (χ1) is 13.3. The first kappa shape index (κ1) is 20.1. The minimum Gasteiger partial charge on any atom is -0.370 e. The highest BCUT2D eigenvalue weighted by Gasteiger charge is 2.31. The molecule has 2 N–H and O–H groups in total. The first-order valence-electron chi connectivity index (χ1n) is 8.94. The van der Waals surface area contributed by atoms with Gasteiger partial charge in [-0.15, -0.1) is 0 Å². The fourth-order valence-electron chi connectivity index (χ4n) is 3.15. The highest BCUT2D eigenvalue weighted by atomic mass is 32.1. The van der Waals surface area contributed by atoms with Crippen LogP contribution in [0.15, 0.2) is 48.5 Å².